The molecular weight excluding hydrogens is 459 g/mol. The van der Waals surface area contributed by atoms with Gasteiger partial charge in [-0.2, -0.15) is 9.78 Å². The average molecular weight is 489 g/mol. The number of ether oxygens (including phenoxy) is 1. The zero-order chi connectivity index (χ0) is 23.8. The van der Waals surface area contributed by atoms with E-state index in [2.05, 4.69) is 36.5 Å². The smallest absolute Gasteiger partial charge is 0.272 e. The Balaban J connectivity index is 2.10. The minimum Gasteiger partial charge on any atom is -0.439 e. The third kappa shape index (κ3) is 6.50. The van der Waals surface area contributed by atoms with Crippen LogP contribution in [-0.2, 0) is 6.54 Å². The number of rotatable bonds is 11. The van der Waals surface area contributed by atoms with Crippen LogP contribution in [0, 0.1) is 5.92 Å². The first-order valence-electron chi connectivity index (χ1n) is 11.2. The highest BCUT2D eigenvalue weighted by Gasteiger charge is 2.26. The molecule has 176 valence electrons. The molecule has 2 N–H and O–H groups in total. The number of benzene rings is 2. The number of aromatic nitrogens is 2. The Bertz CT molecular complexity index is 1070. The molecule has 3 aromatic rings. The monoisotopic (exact) mass is 488 g/mol. The molecular formula is C25H30Cl2N4O2. The van der Waals surface area contributed by atoms with E-state index in [0.29, 0.717) is 57.6 Å². The lowest BCUT2D eigenvalue weighted by atomic mass is 10.1. The molecule has 1 amide bonds. The Morgan fingerprint density at radius 2 is 1.85 bits per heavy atom. The third-order valence-electron chi connectivity index (χ3n) is 5.30. The van der Waals surface area contributed by atoms with Gasteiger partial charge in [0.2, 0.25) is 5.88 Å². The predicted molar refractivity (Wildman–Crippen MR) is 134 cm³/mol. The molecule has 0 aliphatic rings. The summed E-state index contributed by atoms with van der Waals surface area (Å²) in [5.41, 5.74) is 1.60. The number of nitrogens with zero attached hydrogens (tertiary/aromatic N) is 2. The van der Waals surface area contributed by atoms with E-state index in [4.69, 9.17) is 27.9 Å². The van der Waals surface area contributed by atoms with Gasteiger partial charge in [-0.1, -0.05) is 62.5 Å². The maximum absolute atomic E-state index is 13.2. The SMILES string of the molecule is CCCNCc1c(C(=O)NCC(C)CC)nn(-c2ccccc2Cl)c1Oc1ccc(Cl)cc1. The van der Waals surface area contributed by atoms with Gasteiger partial charge in [0.25, 0.3) is 5.91 Å². The Morgan fingerprint density at radius 3 is 2.52 bits per heavy atom. The molecule has 0 aliphatic carbocycles. The predicted octanol–water partition coefficient (Wildman–Crippen LogP) is 6.25. The van der Waals surface area contributed by atoms with E-state index in [1.807, 2.05) is 18.2 Å². The molecule has 0 bridgehead atoms. The van der Waals surface area contributed by atoms with Crippen LogP contribution in [0.2, 0.25) is 10.0 Å². The third-order valence-corrected chi connectivity index (χ3v) is 5.87. The fourth-order valence-corrected chi connectivity index (χ4v) is 3.51. The number of carbonyl (C=O) groups is 1. The summed E-state index contributed by atoms with van der Waals surface area (Å²) < 4.78 is 7.87. The number of para-hydroxylation sites is 1. The molecule has 1 aromatic heterocycles. The molecule has 1 heterocycles. The standard InChI is InChI=1S/C25H30Cl2N4O2/c1-4-14-28-16-20-23(24(32)29-15-17(3)5-2)30-31(22-9-7-6-8-21(22)27)25(20)33-19-12-10-18(26)11-13-19/h6-13,17,28H,4-5,14-16H2,1-3H3,(H,29,32). The van der Waals surface area contributed by atoms with Crippen LogP contribution >= 0.6 is 23.2 Å². The molecule has 0 radical (unpaired) electrons. The molecule has 0 spiro atoms. The molecule has 0 fully saturated rings. The summed E-state index contributed by atoms with van der Waals surface area (Å²) in [6.45, 7) is 8.08. The van der Waals surface area contributed by atoms with Gasteiger partial charge in [0.15, 0.2) is 5.69 Å². The number of hydrogen-bond donors (Lipinski definition) is 2. The second-order valence-electron chi connectivity index (χ2n) is 7.95. The fraction of sp³-hybridized carbons (Fsp3) is 0.360. The Labute approximate surface area is 205 Å². The van der Waals surface area contributed by atoms with Crippen molar-refractivity contribution < 1.29 is 9.53 Å². The molecule has 8 heteroatoms. The van der Waals surface area contributed by atoms with Gasteiger partial charge < -0.3 is 15.4 Å². The van der Waals surface area contributed by atoms with E-state index in [-0.39, 0.29) is 5.91 Å². The van der Waals surface area contributed by atoms with E-state index in [1.54, 1.807) is 35.0 Å². The molecule has 1 atom stereocenters. The van der Waals surface area contributed by atoms with E-state index < -0.39 is 0 Å². The first-order chi connectivity index (χ1) is 15.9. The van der Waals surface area contributed by atoms with Gasteiger partial charge in [-0.25, -0.2) is 0 Å². The van der Waals surface area contributed by atoms with Gasteiger partial charge in [-0.3, -0.25) is 4.79 Å². The summed E-state index contributed by atoms with van der Waals surface area (Å²) in [6.07, 6.45) is 1.94. The number of hydrogen-bond acceptors (Lipinski definition) is 4. The van der Waals surface area contributed by atoms with Gasteiger partial charge in [-0.05, 0) is 55.3 Å². The number of halogens is 2. The lowest BCUT2D eigenvalue weighted by molar-refractivity contribution is 0.0941. The number of carbonyl (C=O) groups excluding carboxylic acids is 1. The quantitative estimate of drug-likeness (QED) is 0.313. The van der Waals surface area contributed by atoms with Crippen molar-refractivity contribution in [2.24, 2.45) is 5.92 Å². The van der Waals surface area contributed by atoms with Crippen molar-refractivity contribution in [2.75, 3.05) is 13.1 Å². The first kappa shape index (κ1) is 25.1. The highest BCUT2D eigenvalue weighted by Crippen LogP contribution is 2.33. The van der Waals surface area contributed by atoms with Crippen LogP contribution in [-0.4, -0.2) is 28.8 Å². The summed E-state index contributed by atoms with van der Waals surface area (Å²) in [5, 5.41) is 12.2. The van der Waals surface area contributed by atoms with Crippen molar-refractivity contribution in [3.05, 3.63) is 69.8 Å². The fourth-order valence-electron chi connectivity index (χ4n) is 3.17. The maximum atomic E-state index is 13.2. The van der Waals surface area contributed by atoms with Crippen LogP contribution in [0.25, 0.3) is 5.69 Å². The van der Waals surface area contributed by atoms with Gasteiger partial charge in [-0.15, -0.1) is 0 Å². The second kappa shape index (κ2) is 12.1. The van der Waals surface area contributed by atoms with Crippen molar-refractivity contribution in [2.45, 2.75) is 40.2 Å². The van der Waals surface area contributed by atoms with Crippen LogP contribution in [0.3, 0.4) is 0 Å². The second-order valence-corrected chi connectivity index (χ2v) is 8.80. The van der Waals surface area contributed by atoms with Gasteiger partial charge in [0.05, 0.1) is 16.3 Å². The highest BCUT2D eigenvalue weighted by atomic mass is 35.5. The average Bonchev–Trinajstić information content (AvgIpc) is 3.17. The van der Waals surface area contributed by atoms with Crippen LogP contribution in [0.1, 0.15) is 49.7 Å². The van der Waals surface area contributed by atoms with E-state index in [0.717, 1.165) is 19.4 Å². The van der Waals surface area contributed by atoms with Crippen LogP contribution in [0.15, 0.2) is 48.5 Å². The van der Waals surface area contributed by atoms with Gasteiger partial charge in [0.1, 0.15) is 5.75 Å². The zero-order valence-electron chi connectivity index (χ0n) is 19.2. The molecule has 0 saturated carbocycles. The van der Waals surface area contributed by atoms with E-state index in [1.165, 1.54) is 0 Å². The largest absolute Gasteiger partial charge is 0.439 e. The van der Waals surface area contributed by atoms with Gasteiger partial charge >= 0.3 is 0 Å². The molecule has 0 saturated heterocycles. The molecule has 2 aromatic carbocycles. The number of nitrogens with one attached hydrogen (secondary N) is 2. The van der Waals surface area contributed by atoms with Crippen molar-refractivity contribution in [1.82, 2.24) is 20.4 Å². The van der Waals surface area contributed by atoms with Crippen molar-refractivity contribution in [3.8, 4) is 17.3 Å². The van der Waals surface area contributed by atoms with Crippen LogP contribution < -0.4 is 15.4 Å². The highest BCUT2D eigenvalue weighted by molar-refractivity contribution is 6.32. The van der Waals surface area contributed by atoms with Crippen molar-refractivity contribution >= 4 is 29.1 Å². The normalized spacial score (nSPS) is 11.9. The van der Waals surface area contributed by atoms with Gasteiger partial charge in [0, 0.05) is 18.1 Å². The molecule has 1 unspecified atom stereocenters. The minimum atomic E-state index is -0.240. The zero-order valence-corrected chi connectivity index (χ0v) is 20.7. The Morgan fingerprint density at radius 1 is 1.12 bits per heavy atom. The minimum absolute atomic E-state index is 0.240. The Kier molecular flexibility index (Phi) is 9.18. The summed E-state index contributed by atoms with van der Waals surface area (Å²) in [4.78, 5) is 13.2. The first-order valence-corrected chi connectivity index (χ1v) is 12.0. The topological polar surface area (TPSA) is 68.2 Å². The molecule has 3 rings (SSSR count). The summed E-state index contributed by atoms with van der Waals surface area (Å²) in [5.74, 6) is 1.14. The summed E-state index contributed by atoms with van der Waals surface area (Å²) >= 11 is 12.5. The van der Waals surface area contributed by atoms with Crippen molar-refractivity contribution in [3.63, 3.8) is 0 Å². The van der Waals surface area contributed by atoms with Crippen molar-refractivity contribution in [1.29, 1.82) is 0 Å². The summed E-state index contributed by atoms with van der Waals surface area (Å²) in [6, 6.07) is 14.4. The van der Waals surface area contributed by atoms with E-state index in [9.17, 15) is 4.79 Å². The molecule has 6 nitrogen and oxygen atoms in total. The lowest BCUT2D eigenvalue weighted by Crippen LogP contribution is -2.29. The number of amides is 1. The molecule has 33 heavy (non-hydrogen) atoms. The molecule has 0 aliphatic heterocycles. The summed E-state index contributed by atoms with van der Waals surface area (Å²) in [7, 11) is 0. The maximum Gasteiger partial charge on any atom is 0.272 e. The lowest BCUT2D eigenvalue weighted by Gasteiger charge is -2.13. The van der Waals surface area contributed by atoms with Crippen LogP contribution in [0.5, 0.6) is 11.6 Å². The van der Waals surface area contributed by atoms with Crippen LogP contribution in [0.4, 0.5) is 0 Å². The Hall–Kier alpha value is -2.54. The van der Waals surface area contributed by atoms with E-state index >= 15 is 0 Å².